The average Bonchev–Trinajstić information content (AvgIpc) is 4.04. The number of phenols is 2. The molecule has 0 saturated carbocycles. The smallest absolute Gasteiger partial charge is 0.336 e. The van der Waals surface area contributed by atoms with Crippen molar-refractivity contribution < 1.29 is 62.5 Å². The molecule has 6 rings (SSSR count). The lowest BCUT2D eigenvalue weighted by atomic mass is 9.94. The van der Waals surface area contributed by atoms with Crippen molar-refractivity contribution in [3.8, 4) is 56.8 Å². The summed E-state index contributed by atoms with van der Waals surface area (Å²) < 4.78 is 39.5. The van der Waals surface area contributed by atoms with Crippen LogP contribution >= 0.6 is 0 Å². The maximum Gasteiger partial charge on any atom is 0.336 e. The molecule has 3 aromatic rings. The number of rotatable bonds is 12. The van der Waals surface area contributed by atoms with Crippen molar-refractivity contribution in [2.24, 2.45) is 0 Å². The molecule has 0 radical (unpaired) electrons. The van der Waals surface area contributed by atoms with Gasteiger partial charge in [-0.25, -0.2) is 14.4 Å². The molecule has 13 heteroatoms. The summed E-state index contributed by atoms with van der Waals surface area (Å²) in [6.07, 6.45) is 6.67. The first-order valence-corrected chi connectivity index (χ1v) is 16.1. The van der Waals surface area contributed by atoms with E-state index in [1.165, 1.54) is 66.8 Å². The molecule has 3 aliphatic rings. The van der Waals surface area contributed by atoms with E-state index >= 15 is 0 Å². The van der Waals surface area contributed by atoms with E-state index in [0.29, 0.717) is 0 Å². The summed E-state index contributed by atoms with van der Waals surface area (Å²) in [4.78, 5) is 53.0. The highest BCUT2D eigenvalue weighted by Gasteiger charge is 2.36. The van der Waals surface area contributed by atoms with Gasteiger partial charge in [0.1, 0.15) is 29.8 Å². The number of aromatic hydroxyl groups is 2. The third-order valence-corrected chi connectivity index (χ3v) is 8.03. The van der Waals surface area contributed by atoms with Crippen molar-refractivity contribution in [3.05, 3.63) is 85.0 Å². The lowest BCUT2D eigenvalue weighted by Crippen LogP contribution is -2.16. The summed E-state index contributed by atoms with van der Waals surface area (Å²) >= 11 is 0. The minimum absolute atomic E-state index is 0.0971. The van der Waals surface area contributed by atoms with Crippen LogP contribution in [0.3, 0.4) is 0 Å². The quantitative estimate of drug-likeness (QED) is 0.110. The second-order valence-electron chi connectivity index (χ2n) is 12.0. The highest BCUT2D eigenvalue weighted by Crippen LogP contribution is 2.57. The molecule has 3 fully saturated rings. The van der Waals surface area contributed by atoms with Gasteiger partial charge in [0.15, 0.2) is 23.0 Å². The predicted molar refractivity (Wildman–Crippen MR) is 179 cm³/mol. The number of epoxide rings is 3. The number of carbonyl (C=O) groups is 4. The summed E-state index contributed by atoms with van der Waals surface area (Å²) in [5.74, 6) is -5.38. The van der Waals surface area contributed by atoms with Crippen molar-refractivity contribution in [1.82, 2.24) is 0 Å². The fourth-order valence-corrected chi connectivity index (χ4v) is 5.11. The van der Waals surface area contributed by atoms with Crippen LogP contribution in [0.2, 0.25) is 0 Å². The lowest BCUT2D eigenvalue weighted by molar-refractivity contribution is -0.133. The van der Waals surface area contributed by atoms with E-state index in [-0.39, 0.29) is 81.9 Å². The molecule has 0 bridgehead atoms. The number of esters is 4. The van der Waals surface area contributed by atoms with Gasteiger partial charge in [-0.15, -0.1) is 0 Å². The van der Waals surface area contributed by atoms with E-state index < -0.39 is 35.4 Å². The zero-order chi connectivity index (χ0) is 36.4. The second-order valence-corrected chi connectivity index (χ2v) is 12.0. The number of ether oxygens (including phenoxy) is 7. The predicted octanol–water partition coefficient (Wildman–Crippen LogP) is 5.10. The van der Waals surface area contributed by atoms with Crippen LogP contribution in [0.1, 0.15) is 27.7 Å². The van der Waals surface area contributed by atoms with Gasteiger partial charge in [0.05, 0.1) is 29.4 Å². The molecule has 0 spiro atoms. The molecule has 6 atom stereocenters. The van der Waals surface area contributed by atoms with E-state index in [4.69, 9.17) is 33.2 Å². The van der Waals surface area contributed by atoms with Gasteiger partial charge in [0, 0.05) is 25.2 Å². The Hall–Kier alpha value is -5.76. The van der Waals surface area contributed by atoms with Crippen molar-refractivity contribution in [2.75, 3.05) is 0 Å². The molecule has 13 nitrogen and oxygen atoms in total. The number of hydrogen-bond donors (Lipinski definition) is 2. The topological polar surface area (TPSA) is 183 Å². The Bertz CT molecular complexity index is 1940. The second kappa shape index (κ2) is 14.6. The Morgan fingerprint density at radius 2 is 0.804 bits per heavy atom. The molecule has 0 aromatic heterocycles. The van der Waals surface area contributed by atoms with Crippen molar-refractivity contribution >= 4 is 23.9 Å². The van der Waals surface area contributed by atoms with E-state index in [1.807, 2.05) is 20.8 Å². The van der Waals surface area contributed by atoms with Gasteiger partial charge in [0.25, 0.3) is 0 Å². The molecular formula is C38H34O13. The maximum atomic E-state index is 13.5. The molecule has 3 saturated heterocycles. The van der Waals surface area contributed by atoms with Crippen LogP contribution in [0, 0.1) is 0 Å². The fourth-order valence-electron chi connectivity index (χ4n) is 5.11. The largest absolute Gasteiger partial charge is 0.508 e. The Balaban J connectivity index is 1.62. The fraction of sp³-hybridized carbons (Fsp3) is 0.263. The summed E-state index contributed by atoms with van der Waals surface area (Å²) in [6.45, 7) is 6.59. The average molecular weight is 699 g/mol. The molecular weight excluding hydrogens is 664 g/mol. The first-order chi connectivity index (χ1) is 24.4. The van der Waals surface area contributed by atoms with Gasteiger partial charge in [0.2, 0.25) is 0 Å². The first kappa shape index (κ1) is 35.1. The number of hydrogen-bond acceptors (Lipinski definition) is 13. The summed E-state index contributed by atoms with van der Waals surface area (Å²) in [5, 5.41) is 20.2. The van der Waals surface area contributed by atoms with Gasteiger partial charge in [-0.3, -0.25) is 4.79 Å². The van der Waals surface area contributed by atoms with E-state index in [0.717, 1.165) is 25.2 Å². The Morgan fingerprint density at radius 3 is 1.06 bits per heavy atom. The van der Waals surface area contributed by atoms with Crippen molar-refractivity contribution in [2.45, 2.75) is 64.3 Å². The number of phenolic OH excluding ortho intramolecular Hbond substituents is 2. The van der Waals surface area contributed by atoms with Gasteiger partial charge < -0.3 is 43.4 Å². The van der Waals surface area contributed by atoms with Crippen molar-refractivity contribution in [3.63, 3.8) is 0 Å². The Morgan fingerprint density at radius 1 is 0.529 bits per heavy atom. The minimum atomic E-state index is -0.917. The summed E-state index contributed by atoms with van der Waals surface area (Å²) in [7, 11) is 0. The zero-order valence-electron chi connectivity index (χ0n) is 27.9. The summed E-state index contributed by atoms with van der Waals surface area (Å²) in [5.41, 5.74) is 0.120. The van der Waals surface area contributed by atoms with Crippen LogP contribution in [-0.2, 0) is 33.4 Å². The molecule has 51 heavy (non-hydrogen) atoms. The third-order valence-electron chi connectivity index (χ3n) is 8.03. The third kappa shape index (κ3) is 8.70. The van der Waals surface area contributed by atoms with Crippen LogP contribution < -0.4 is 18.9 Å². The Labute approximate surface area is 292 Å². The Kier molecular flexibility index (Phi) is 10.1. The number of benzene rings is 3. The van der Waals surface area contributed by atoms with Gasteiger partial charge in [-0.05, 0) is 74.4 Å². The molecule has 3 aliphatic heterocycles. The van der Waals surface area contributed by atoms with E-state index in [9.17, 15) is 29.4 Å². The molecule has 2 N–H and O–H groups in total. The highest BCUT2D eigenvalue weighted by molar-refractivity contribution is 6.01. The van der Waals surface area contributed by atoms with Gasteiger partial charge in [-0.2, -0.15) is 0 Å². The first-order valence-electron chi connectivity index (χ1n) is 16.1. The molecule has 3 heterocycles. The normalized spacial score (nSPS) is 23.3. The number of carbonyl (C=O) groups excluding carboxylic acids is 4. The maximum absolute atomic E-state index is 13.5. The minimum Gasteiger partial charge on any atom is -0.508 e. The lowest BCUT2D eigenvalue weighted by Gasteiger charge is -2.24. The molecule has 264 valence electrons. The molecule has 0 unspecified atom stereocenters. The van der Waals surface area contributed by atoms with Crippen LogP contribution in [0.15, 0.2) is 85.0 Å². The van der Waals surface area contributed by atoms with Crippen LogP contribution in [-0.4, -0.2) is 70.7 Å². The van der Waals surface area contributed by atoms with Crippen molar-refractivity contribution in [1.29, 1.82) is 0 Å². The van der Waals surface area contributed by atoms with E-state index in [2.05, 4.69) is 0 Å². The SMILES string of the molecule is CC(=O)Oc1c(OC(=O)C=C[C@H]2O[C@@H]2C)c(-c2ccc(O)cc2)c(OC(=O)C=C[C@H]2O[C@@H]2C)c(OC(=O)C=C[C@@H]2O[C@H]2C)c1-c1ccc(O)cc1. The molecule has 3 aromatic carbocycles. The van der Waals surface area contributed by atoms with Crippen LogP contribution in [0.25, 0.3) is 22.3 Å². The monoisotopic (exact) mass is 698 g/mol. The van der Waals surface area contributed by atoms with Gasteiger partial charge in [-0.1, -0.05) is 24.3 Å². The standard InChI is InChI=1S/C38H34O13/c1-19-27(45-19)13-16-30(42)49-36-34(24-7-11-26(41)12-8-24)38(51-32(44)18-15-29-21(3)47-29)37(50-31(43)17-14-28-20(2)46-28)33(35(36)48-22(4)39)23-5-9-25(40)10-6-23/h5-21,27-29,40-41H,1-4H3/t19-,20+,21-,27-,28+,29-/m1/s1. The zero-order valence-corrected chi connectivity index (χ0v) is 27.9. The van der Waals surface area contributed by atoms with Crippen LogP contribution in [0.4, 0.5) is 0 Å². The summed E-state index contributed by atoms with van der Waals surface area (Å²) in [6, 6.07) is 11.0. The molecule has 0 amide bonds. The van der Waals surface area contributed by atoms with Gasteiger partial charge >= 0.3 is 23.9 Å². The van der Waals surface area contributed by atoms with Crippen LogP contribution in [0.5, 0.6) is 34.5 Å². The van der Waals surface area contributed by atoms with E-state index in [1.54, 1.807) is 0 Å². The molecule has 0 aliphatic carbocycles. The highest BCUT2D eigenvalue weighted by atomic mass is 16.6.